The van der Waals surface area contributed by atoms with Crippen molar-refractivity contribution in [3.05, 3.63) is 0 Å². The first-order chi connectivity index (χ1) is 18.1. The summed E-state index contributed by atoms with van der Waals surface area (Å²) in [6.07, 6.45) is 17.3. The molecule has 0 aliphatic carbocycles. The molecular weight excluding hydrogens is 492 g/mol. The highest BCUT2D eigenvalue weighted by molar-refractivity contribution is 6.09. The van der Waals surface area contributed by atoms with Crippen LogP contribution in [0.15, 0.2) is 0 Å². The van der Waals surface area contributed by atoms with E-state index in [2.05, 4.69) is 6.92 Å². The third kappa shape index (κ3) is 18.0. The van der Waals surface area contributed by atoms with Crippen LogP contribution in [0.3, 0.4) is 0 Å². The first kappa shape index (κ1) is 35.7. The number of ether oxygens (including phenoxy) is 2. The van der Waals surface area contributed by atoms with Crippen molar-refractivity contribution in [3.8, 4) is 0 Å². The number of hydrogen-bond donors (Lipinski definition) is 2. The van der Waals surface area contributed by atoms with Crippen LogP contribution in [0.4, 0.5) is 0 Å². The molecule has 0 aromatic carbocycles. The highest BCUT2D eigenvalue weighted by Crippen LogP contribution is 2.18. The van der Waals surface area contributed by atoms with E-state index in [9.17, 15) is 29.1 Å². The van der Waals surface area contributed by atoms with Gasteiger partial charge in [0, 0.05) is 6.42 Å². The lowest BCUT2D eigenvalue weighted by atomic mass is 9.86. The van der Waals surface area contributed by atoms with Crippen molar-refractivity contribution in [2.75, 3.05) is 13.2 Å². The molecule has 3 unspecified atom stereocenters. The smallest absolute Gasteiger partial charge is 0.317 e. The van der Waals surface area contributed by atoms with Crippen molar-refractivity contribution < 1.29 is 43.7 Å². The van der Waals surface area contributed by atoms with E-state index in [0.717, 1.165) is 33.1 Å². The van der Waals surface area contributed by atoms with Gasteiger partial charge in [-0.1, -0.05) is 96.8 Å². The number of carbonyl (C=O) groups is 5. The molecule has 0 spiro atoms. The Labute approximate surface area is 228 Å². The largest absolute Gasteiger partial charge is 0.481 e. The third-order valence-electron chi connectivity index (χ3n) is 6.57. The number of aliphatic hydroxyl groups is 1. The number of carboxylic acids is 1. The number of ketones is 2. The van der Waals surface area contributed by atoms with Crippen LogP contribution in [-0.4, -0.2) is 59.0 Å². The van der Waals surface area contributed by atoms with Gasteiger partial charge in [0.1, 0.15) is 42.7 Å². The maximum Gasteiger partial charge on any atom is 0.317 e. The molecule has 0 amide bonds. The zero-order chi connectivity index (χ0) is 28.8. The lowest BCUT2D eigenvalue weighted by Gasteiger charge is -2.19. The molecule has 0 heterocycles. The summed E-state index contributed by atoms with van der Waals surface area (Å²) >= 11 is 0. The van der Waals surface area contributed by atoms with Crippen molar-refractivity contribution in [1.82, 2.24) is 0 Å². The molecule has 3 atom stereocenters. The number of rotatable bonds is 25. The van der Waals surface area contributed by atoms with Crippen LogP contribution in [0, 0.1) is 11.8 Å². The van der Waals surface area contributed by atoms with Gasteiger partial charge in [0.05, 0.1) is 0 Å². The molecule has 0 aromatic rings. The lowest BCUT2D eigenvalue weighted by molar-refractivity contribution is -0.166. The molecule has 0 saturated carbocycles. The summed E-state index contributed by atoms with van der Waals surface area (Å²) in [5.74, 6) is -8.64. The monoisotopic (exact) mass is 542 g/mol. The van der Waals surface area contributed by atoms with E-state index in [1.165, 1.54) is 70.6 Å². The van der Waals surface area contributed by atoms with Gasteiger partial charge in [-0.25, -0.2) is 0 Å². The summed E-state index contributed by atoms with van der Waals surface area (Å²) in [6, 6.07) is 0. The molecule has 0 aliphatic heterocycles. The summed E-state index contributed by atoms with van der Waals surface area (Å²) in [6.45, 7) is 3.20. The quantitative estimate of drug-likeness (QED) is 0.0904. The molecule has 9 nitrogen and oxygen atoms in total. The van der Waals surface area contributed by atoms with Gasteiger partial charge in [-0.3, -0.25) is 24.0 Å². The number of Topliss-reactive ketones (excluding diaryl/α,β-unsaturated/α-hetero) is 2. The van der Waals surface area contributed by atoms with Gasteiger partial charge < -0.3 is 19.7 Å². The van der Waals surface area contributed by atoms with Crippen molar-refractivity contribution in [1.29, 1.82) is 0 Å². The van der Waals surface area contributed by atoms with Gasteiger partial charge in [0.25, 0.3) is 0 Å². The molecule has 0 radical (unpaired) electrons. The molecule has 0 rings (SSSR count). The van der Waals surface area contributed by atoms with Crippen LogP contribution >= 0.6 is 0 Å². The summed E-state index contributed by atoms with van der Waals surface area (Å²) < 4.78 is 9.81. The molecule has 38 heavy (non-hydrogen) atoms. The second-order valence-corrected chi connectivity index (χ2v) is 10.2. The van der Waals surface area contributed by atoms with E-state index >= 15 is 0 Å². The minimum Gasteiger partial charge on any atom is -0.481 e. The molecule has 0 aromatic heterocycles. The average molecular weight is 543 g/mol. The van der Waals surface area contributed by atoms with Gasteiger partial charge >= 0.3 is 17.9 Å². The molecule has 220 valence electrons. The van der Waals surface area contributed by atoms with Crippen LogP contribution in [0.25, 0.3) is 0 Å². The number of hydrogen-bond acceptors (Lipinski definition) is 8. The Kier molecular flexibility index (Phi) is 21.3. The first-order valence-corrected chi connectivity index (χ1v) is 14.4. The average Bonchev–Trinajstić information content (AvgIpc) is 2.86. The van der Waals surface area contributed by atoms with E-state index in [1.54, 1.807) is 0 Å². The zero-order valence-electron chi connectivity index (χ0n) is 23.7. The van der Waals surface area contributed by atoms with Crippen molar-refractivity contribution in [2.24, 2.45) is 11.8 Å². The highest BCUT2D eigenvalue weighted by Gasteiger charge is 2.41. The van der Waals surface area contributed by atoms with Gasteiger partial charge in [0.15, 0.2) is 0 Å². The lowest BCUT2D eigenvalue weighted by Crippen LogP contribution is -2.40. The Morgan fingerprint density at radius 3 is 1.39 bits per heavy atom. The Hall–Kier alpha value is -2.29. The van der Waals surface area contributed by atoms with Crippen LogP contribution in [-0.2, 0) is 33.4 Å². The number of aliphatic hydroxyl groups excluding tert-OH is 1. The number of carboxylic acid groups (broad SMARTS) is 1. The van der Waals surface area contributed by atoms with Crippen molar-refractivity contribution in [3.63, 3.8) is 0 Å². The minimum atomic E-state index is -1.86. The van der Waals surface area contributed by atoms with E-state index < -0.39 is 60.6 Å². The highest BCUT2D eigenvalue weighted by atomic mass is 16.6. The Bertz CT molecular complexity index is 690. The molecular formula is C29H50O9. The van der Waals surface area contributed by atoms with E-state index in [0.29, 0.717) is 6.42 Å². The zero-order valence-corrected chi connectivity index (χ0v) is 23.7. The first-order valence-electron chi connectivity index (χ1n) is 14.4. The summed E-state index contributed by atoms with van der Waals surface area (Å²) in [7, 11) is 0. The van der Waals surface area contributed by atoms with Crippen molar-refractivity contribution in [2.45, 2.75) is 130 Å². The van der Waals surface area contributed by atoms with Gasteiger partial charge in [-0.05, 0) is 20.3 Å². The van der Waals surface area contributed by atoms with Crippen LogP contribution in [0.2, 0.25) is 0 Å². The van der Waals surface area contributed by atoms with Gasteiger partial charge in [-0.2, -0.15) is 0 Å². The fourth-order valence-corrected chi connectivity index (χ4v) is 4.31. The SMILES string of the molecule is CCCCCCCCCCCCCCCCCC(=O)OCC(O)COC(=O)C(C(C)=O)C(C(C)=O)C(=O)O. The van der Waals surface area contributed by atoms with Gasteiger partial charge in [0.2, 0.25) is 0 Å². The minimum absolute atomic E-state index is 0.232. The van der Waals surface area contributed by atoms with E-state index in [1.807, 2.05) is 0 Å². The fraction of sp³-hybridized carbons (Fsp3) is 0.828. The fourth-order valence-electron chi connectivity index (χ4n) is 4.31. The van der Waals surface area contributed by atoms with Crippen molar-refractivity contribution >= 4 is 29.5 Å². The summed E-state index contributed by atoms with van der Waals surface area (Å²) in [4.78, 5) is 58.6. The maximum absolute atomic E-state index is 12.2. The Balaban J connectivity index is 3.85. The van der Waals surface area contributed by atoms with Crippen LogP contribution in [0.5, 0.6) is 0 Å². The van der Waals surface area contributed by atoms with Crippen LogP contribution < -0.4 is 0 Å². The number of aliphatic carboxylic acids is 1. The molecule has 9 heteroatoms. The predicted octanol–water partition coefficient (Wildman–Crippen LogP) is 5.19. The van der Waals surface area contributed by atoms with E-state index in [4.69, 9.17) is 14.6 Å². The maximum atomic E-state index is 12.2. The topological polar surface area (TPSA) is 144 Å². The standard InChI is InChI=1S/C29H50O9/c1-4-5-6-7-8-9-10-11-12-13-14-15-16-17-18-19-25(33)37-20-24(32)21-38-29(36)27(23(3)31)26(22(2)30)28(34)35/h24,26-27,32H,4-21H2,1-3H3,(H,34,35). The molecule has 0 aliphatic rings. The molecule has 2 N–H and O–H groups in total. The Morgan fingerprint density at radius 1 is 0.605 bits per heavy atom. The summed E-state index contributed by atoms with van der Waals surface area (Å²) in [5, 5.41) is 19.1. The predicted molar refractivity (Wildman–Crippen MR) is 143 cm³/mol. The molecule has 0 saturated heterocycles. The summed E-state index contributed by atoms with van der Waals surface area (Å²) in [5.41, 5.74) is 0. The second kappa shape index (κ2) is 22.7. The Morgan fingerprint density at radius 2 is 1.00 bits per heavy atom. The van der Waals surface area contributed by atoms with Crippen LogP contribution in [0.1, 0.15) is 124 Å². The number of esters is 2. The molecule has 0 fully saturated rings. The number of carbonyl (C=O) groups excluding carboxylic acids is 4. The number of unbranched alkanes of at least 4 members (excludes halogenated alkanes) is 14. The normalized spacial score (nSPS) is 13.4. The second-order valence-electron chi connectivity index (χ2n) is 10.2. The third-order valence-corrected chi connectivity index (χ3v) is 6.57. The van der Waals surface area contributed by atoms with Gasteiger partial charge in [-0.15, -0.1) is 0 Å². The van der Waals surface area contributed by atoms with E-state index in [-0.39, 0.29) is 6.42 Å². The molecule has 0 bridgehead atoms.